The smallest absolute Gasteiger partial charge is 0.489 e. The number of anilines is 1. The molecule has 3 aromatic rings. The lowest BCUT2D eigenvalue weighted by Crippen LogP contribution is -2.23. The number of carbonyl (C=O) groups is 1. The minimum atomic E-state index is -1.36. The van der Waals surface area contributed by atoms with Gasteiger partial charge in [0.05, 0.1) is 6.20 Å². The number of benzene rings is 2. The third kappa shape index (κ3) is 5.96. The Morgan fingerprint density at radius 2 is 1.93 bits per heavy atom. The molecule has 0 fully saturated rings. The van der Waals surface area contributed by atoms with Crippen molar-refractivity contribution in [1.82, 2.24) is 4.98 Å². The van der Waals surface area contributed by atoms with Gasteiger partial charge in [-0.2, -0.15) is 0 Å². The van der Waals surface area contributed by atoms with Crippen LogP contribution in [0.15, 0.2) is 71.3 Å². The maximum absolute atomic E-state index is 10.6. The minimum Gasteiger partial charge on any atom is -0.489 e. The zero-order valence-electron chi connectivity index (χ0n) is 15.9. The summed E-state index contributed by atoms with van der Waals surface area (Å²) in [7, 11) is 0. The number of pyridine rings is 1. The molecule has 0 saturated heterocycles. The van der Waals surface area contributed by atoms with Crippen molar-refractivity contribution in [2.45, 2.75) is 20.1 Å². The van der Waals surface area contributed by atoms with Gasteiger partial charge in [-0.25, -0.2) is 9.78 Å². The second-order valence-electron chi connectivity index (χ2n) is 6.26. The second-order valence-corrected chi connectivity index (χ2v) is 7.18. The molecule has 0 aliphatic carbocycles. The first-order chi connectivity index (χ1) is 14.0. The average Bonchev–Trinajstić information content (AvgIpc) is 2.72. The molecular weight excluding hydrogens is 436 g/mol. The number of carboxylic acid groups (broad SMARTS) is 1. The van der Waals surface area contributed by atoms with Crippen LogP contribution in [0.2, 0.25) is 0 Å². The van der Waals surface area contributed by atoms with E-state index in [9.17, 15) is 4.79 Å². The van der Waals surface area contributed by atoms with Crippen LogP contribution in [-0.4, -0.2) is 22.8 Å². The first-order valence-corrected chi connectivity index (χ1v) is 9.91. The van der Waals surface area contributed by atoms with Crippen LogP contribution in [0.1, 0.15) is 18.1 Å². The zero-order valence-corrected chi connectivity index (χ0v) is 17.5. The Bertz CT molecular complexity index is 949. The largest absolute Gasteiger partial charge is 0.511 e. The molecule has 0 atom stereocenters. The van der Waals surface area contributed by atoms with Crippen molar-refractivity contribution in [2.24, 2.45) is 0 Å². The molecule has 0 aliphatic rings. The Labute approximate surface area is 177 Å². The Kier molecular flexibility index (Phi) is 7.08. The van der Waals surface area contributed by atoms with E-state index in [2.05, 4.69) is 30.6 Å². The normalized spacial score (nSPS) is 10.4. The fraction of sp³-hybridized carbons (Fsp3) is 0.182. The van der Waals surface area contributed by atoms with Crippen molar-refractivity contribution in [1.29, 1.82) is 0 Å². The topological polar surface area (TPSA) is 71.9 Å². The molecule has 0 amide bonds. The van der Waals surface area contributed by atoms with Crippen molar-refractivity contribution < 1.29 is 19.4 Å². The van der Waals surface area contributed by atoms with Gasteiger partial charge in [-0.1, -0.05) is 46.3 Å². The Morgan fingerprint density at radius 1 is 1.14 bits per heavy atom. The first kappa shape index (κ1) is 20.7. The molecule has 2 aromatic carbocycles. The molecule has 3 rings (SSSR count). The molecule has 0 spiro atoms. The van der Waals surface area contributed by atoms with Gasteiger partial charge < -0.3 is 19.5 Å². The molecule has 29 heavy (non-hydrogen) atoms. The molecular formula is C22H21BrN2O4. The summed E-state index contributed by atoms with van der Waals surface area (Å²) in [6, 6.07) is 19.3. The van der Waals surface area contributed by atoms with Gasteiger partial charge in [0.2, 0.25) is 0 Å². The third-order valence-electron chi connectivity index (χ3n) is 4.25. The van der Waals surface area contributed by atoms with E-state index in [4.69, 9.17) is 9.84 Å². The van der Waals surface area contributed by atoms with E-state index in [1.165, 1.54) is 6.20 Å². The summed E-state index contributed by atoms with van der Waals surface area (Å²) in [5.41, 5.74) is 2.12. The highest BCUT2D eigenvalue weighted by molar-refractivity contribution is 9.10. The summed E-state index contributed by atoms with van der Waals surface area (Å²) >= 11 is 3.53. The van der Waals surface area contributed by atoms with E-state index in [1.54, 1.807) is 12.1 Å². The van der Waals surface area contributed by atoms with E-state index in [1.807, 2.05) is 55.5 Å². The fourth-order valence-corrected chi connectivity index (χ4v) is 3.24. The molecule has 7 heteroatoms. The van der Waals surface area contributed by atoms with Crippen LogP contribution in [0.5, 0.6) is 11.5 Å². The van der Waals surface area contributed by atoms with Crippen molar-refractivity contribution in [3.05, 3.63) is 82.5 Å². The predicted molar refractivity (Wildman–Crippen MR) is 115 cm³/mol. The molecule has 0 unspecified atom stereocenters. The summed E-state index contributed by atoms with van der Waals surface area (Å²) in [5, 5.41) is 8.70. The van der Waals surface area contributed by atoms with Gasteiger partial charge in [0.1, 0.15) is 18.2 Å². The molecule has 1 aromatic heterocycles. The number of halogens is 1. The van der Waals surface area contributed by atoms with Crippen LogP contribution < -0.4 is 14.4 Å². The number of ether oxygens (including phenoxy) is 2. The average molecular weight is 457 g/mol. The van der Waals surface area contributed by atoms with Gasteiger partial charge in [0, 0.05) is 23.1 Å². The highest BCUT2D eigenvalue weighted by Crippen LogP contribution is 2.27. The van der Waals surface area contributed by atoms with Gasteiger partial charge in [-0.15, -0.1) is 0 Å². The monoisotopic (exact) mass is 456 g/mol. The van der Waals surface area contributed by atoms with Crippen molar-refractivity contribution in [2.75, 3.05) is 11.4 Å². The molecule has 1 heterocycles. The highest BCUT2D eigenvalue weighted by Gasteiger charge is 2.13. The van der Waals surface area contributed by atoms with Crippen molar-refractivity contribution >= 4 is 27.9 Å². The maximum atomic E-state index is 10.6. The van der Waals surface area contributed by atoms with Crippen molar-refractivity contribution in [3.8, 4) is 11.5 Å². The Morgan fingerprint density at radius 3 is 2.59 bits per heavy atom. The predicted octanol–water partition coefficient (Wildman–Crippen LogP) is 5.51. The number of hydrogen-bond donors (Lipinski definition) is 1. The summed E-state index contributed by atoms with van der Waals surface area (Å²) in [6.45, 7) is 3.83. The van der Waals surface area contributed by atoms with Crippen LogP contribution in [-0.2, 0) is 13.2 Å². The quantitative estimate of drug-likeness (QED) is 0.450. The van der Waals surface area contributed by atoms with Crippen LogP contribution >= 0.6 is 15.9 Å². The second kappa shape index (κ2) is 9.93. The summed E-state index contributed by atoms with van der Waals surface area (Å²) in [4.78, 5) is 17.0. The van der Waals surface area contributed by atoms with Gasteiger partial charge in [-0.05, 0) is 42.8 Å². The first-order valence-electron chi connectivity index (χ1n) is 9.12. The molecule has 150 valence electrons. The number of rotatable bonds is 8. The summed E-state index contributed by atoms with van der Waals surface area (Å²) in [5.74, 6) is 1.71. The standard InChI is InChI=1S/C22H21BrN2O4/c1-2-25(21-11-9-19(13-24-21)29-22(26)27)14-17-12-18(23)8-10-20(17)28-15-16-6-4-3-5-7-16/h3-13H,2,14-15H2,1H3,(H,26,27). The van der Waals surface area contributed by atoms with E-state index in [-0.39, 0.29) is 5.75 Å². The van der Waals surface area contributed by atoms with Gasteiger partial charge in [0.25, 0.3) is 0 Å². The lowest BCUT2D eigenvalue weighted by atomic mass is 10.1. The third-order valence-corrected chi connectivity index (χ3v) is 4.75. The molecule has 1 N–H and O–H groups in total. The van der Waals surface area contributed by atoms with Crippen LogP contribution in [0.3, 0.4) is 0 Å². The van der Waals surface area contributed by atoms with Gasteiger partial charge in [-0.3, -0.25) is 0 Å². The Hall–Kier alpha value is -3.06. The number of nitrogens with zero attached hydrogens (tertiary/aromatic N) is 2. The summed E-state index contributed by atoms with van der Waals surface area (Å²) < 4.78 is 11.7. The molecule has 0 bridgehead atoms. The highest BCUT2D eigenvalue weighted by atomic mass is 79.9. The molecule has 6 nitrogen and oxygen atoms in total. The van der Waals surface area contributed by atoms with E-state index in [0.29, 0.717) is 13.2 Å². The molecule has 0 saturated carbocycles. The Balaban J connectivity index is 1.76. The molecule has 0 radical (unpaired) electrons. The van der Waals surface area contributed by atoms with Gasteiger partial charge in [0.15, 0.2) is 5.75 Å². The van der Waals surface area contributed by atoms with Crippen LogP contribution in [0.25, 0.3) is 0 Å². The van der Waals surface area contributed by atoms with Crippen LogP contribution in [0, 0.1) is 0 Å². The lowest BCUT2D eigenvalue weighted by molar-refractivity contribution is 0.144. The lowest BCUT2D eigenvalue weighted by Gasteiger charge is -2.23. The van der Waals surface area contributed by atoms with Crippen molar-refractivity contribution in [3.63, 3.8) is 0 Å². The van der Waals surface area contributed by atoms with Gasteiger partial charge >= 0.3 is 6.16 Å². The molecule has 0 aliphatic heterocycles. The minimum absolute atomic E-state index is 0.187. The van der Waals surface area contributed by atoms with E-state index in [0.717, 1.165) is 33.7 Å². The summed E-state index contributed by atoms with van der Waals surface area (Å²) in [6.07, 6.45) is 0.0427. The van der Waals surface area contributed by atoms with Crippen LogP contribution in [0.4, 0.5) is 10.6 Å². The van der Waals surface area contributed by atoms with E-state index < -0.39 is 6.16 Å². The zero-order chi connectivity index (χ0) is 20.6. The number of aromatic nitrogens is 1. The maximum Gasteiger partial charge on any atom is 0.511 e. The SMILES string of the molecule is CCN(Cc1cc(Br)ccc1OCc1ccccc1)c1ccc(OC(=O)O)cn1. The fourth-order valence-electron chi connectivity index (χ4n) is 2.83. The van der Waals surface area contributed by atoms with E-state index >= 15 is 0 Å². The number of hydrogen-bond acceptors (Lipinski definition) is 5.